The summed E-state index contributed by atoms with van der Waals surface area (Å²) in [5, 5.41) is 0.557. The zero-order valence-electron chi connectivity index (χ0n) is 11.3. The standard InChI is InChI=1S/C17H16ClNO/c1-13(19)15-9-10-17(16(18)12-15)20-11-5-8-14-6-3-2-4-7-14/h2-4,6-7,9-10,12-13H,11,19H2,1H3/t13-/m0/s1. The average Bonchev–Trinajstić information content (AvgIpc) is 2.46. The normalized spacial score (nSPS) is 11.3. The van der Waals surface area contributed by atoms with Gasteiger partial charge in [-0.15, -0.1) is 0 Å². The molecule has 0 aliphatic heterocycles. The molecule has 2 aromatic rings. The van der Waals surface area contributed by atoms with E-state index in [0.29, 0.717) is 17.4 Å². The molecule has 2 nitrogen and oxygen atoms in total. The Morgan fingerprint density at radius 3 is 2.60 bits per heavy atom. The number of benzene rings is 2. The van der Waals surface area contributed by atoms with E-state index in [0.717, 1.165) is 11.1 Å². The summed E-state index contributed by atoms with van der Waals surface area (Å²) in [7, 11) is 0. The third kappa shape index (κ3) is 4.03. The van der Waals surface area contributed by atoms with E-state index >= 15 is 0 Å². The smallest absolute Gasteiger partial charge is 0.149 e. The predicted octanol–water partition coefficient (Wildman–Crippen LogP) is 3.79. The van der Waals surface area contributed by atoms with Crippen LogP contribution in [0.15, 0.2) is 48.5 Å². The molecular weight excluding hydrogens is 270 g/mol. The first-order chi connectivity index (χ1) is 9.66. The lowest BCUT2D eigenvalue weighted by atomic mass is 10.1. The van der Waals surface area contributed by atoms with E-state index in [2.05, 4.69) is 11.8 Å². The molecule has 0 radical (unpaired) electrons. The zero-order valence-corrected chi connectivity index (χ0v) is 12.0. The third-order valence-corrected chi connectivity index (χ3v) is 3.08. The second-order valence-electron chi connectivity index (χ2n) is 4.44. The molecule has 0 aromatic heterocycles. The van der Waals surface area contributed by atoms with Crippen molar-refractivity contribution in [2.75, 3.05) is 6.61 Å². The van der Waals surface area contributed by atoms with Gasteiger partial charge in [-0.1, -0.05) is 47.7 Å². The van der Waals surface area contributed by atoms with Crippen LogP contribution in [0.3, 0.4) is 0 Å². The van der Waals surface area contributed by atoms with Crippen LogP contribution < -0.4 is 10.5 Å². The second-order valence-corrected chi connectivity index (χ2v) is 4.84. The summed E-state index contributed by atoms with van der Waals surface area (Å²) in [6.45, 7) is 2.21. The van der Waals surface area contributed by atoms with Gasteiger partial charge in [-0.25, -0.2) is 0 Å². The summed E-state index contributed by atoms with van der Waals surface area (Å²) in [4.78, 5) is 0. The number of ether oxygens (including phenoxy) is 1. The van der Waals surface area contributed by atoms with Crippen molar-refractivity contribution in [1.82, 2.24) is 0 Å². The van der Waals surface area contributed by atoms with Gasteiger partial charge in [-0.05, 0) is 36.8 Å². The first kappa shape index (κ1) is 14.5. The Kier molecular flexibility index (Phi) is 5.06. The van der Waals surface area contributed by atoms with E-state index in [1.807, 2.05) is 55.5 Å². The molecule has 0 heterocycles. The van der Waals surface area contributed by atoms with Gasteiger partial charge in [0.15, 0.2) is 0 Å². The van der Waals surface area contributed by atoms with Gasteiger partial charge in [-0.2, -0.15) is 0 Å². The maximum Gasteiger partial charge on any atom is 0.149 e. The van der Waals surface area contributed by atoms with E-state index in [4.69, 9.17) is 22.1 Å². The minimum atomic E-state index is -0.0422. The van der Waals surface area contributed by atoms with Crippen molar-refractivity contribution in [3.8, 4) is 17.6 Å². The molecule has 0 saturated carbocycles. The molecule has 0 aliphatic carbocycles. The quantitative estimate of drug-likeness (QED) is 0.871. The number of hydrogen-bond acceptors (Lipinski definition) is 2. The van der Waals surface area contributed by atoms with Gasteiger partial charge >= 0.3 is 0 Å². The molecule has 3 heteroatoms. The van der Waals surface area contributed by atoms with Crippen molar-refractivity contribution in [3.63, 3.8) is 0 Å². The summed E-state index contributed by atoms with van der Waals surface area (Å²) < 4.78 is 5.55. The van der Waals surface area contributed by atoms with Crippen LogP contribution in [-0.4, -0.2) is 6.61 Å². The van der Waals surface area contributed by atoms with Crippen molar-refractivity contribution in [2.45, 2.75) is 13.0 Å². The van der Waals surface area contributed by atoms with E-state index in [9.17, 15) is 0 Å². The summed E-state index contributed by atoms with van der Waals surface area (Å²) >= 11 is 6.14. The molecule has 2 N–H and O–H groups in total. The fourth-order valence-electron chi connectivity index (χ4n) is 1.69. The number of nitrogens with two attached hydrogens (primary N) is 1. The Hall–Kier alpha value is -1.95. The highest BCUT2D eigenvalue weighted by molar-refractivity contribution is 6.32. The Morgan fingerprint density at radius 2 is 1.95 bits per heavy atom. The SMILES string of the molecule is C[C@H](N)c1ccc(OCC#Cc2ccccc2)c(Cl)c1. The molecule has 0 bridgehead atoms. The summed E-state index contributed by atoms with van der Waals surface area (Å²) in [5.41, 5.74) is 7.75. The molecule has 20 heavy (non-hydrogen) atoms. The van der Waals surface area contributed by atoms with Crippen LogP contribution in [0.5, 0.6) is 5.75 Å². The minimum absolute atomic E-state index is 0.0422. The van der Waals surface area contributed by atoms with Crippen LogP contribution >= 0.6 is 11.6 Å². The summed E-state index contributed by atoms with van der Waals surface area (Å²) in [6.07, 6.45) is 0. The van der Waals surface area contributed by atoms with Crippen molar-refractivity contribution in [2.24, 2.45) is 5.73 Å². The van der Waals surface area contributed by atoms with Crippen LogP contribution in [0.1, 0.15) is 24.1 Å². The zero-order chi connectivity index (χ0) is 14.4. The number of halogens is 1. The predicted molar refractivity (Wildman–Crippen MR) is 82.9 cm³/mol. The van der Waals surface area contributed by atoms with Gasteiger partial charge in [0, 0.05) is 11.6 Å². The van der Waals surface area contributed by atoms with Gasteiger partial charge in [0.05, 0.1) is 5.02 Å². The van der Waals surface area contributed by atoms with E-state index in [1.165, 1.54) is 0 Å². The fourth-order valence-corrected chi connectivity index (χ4v) is 1.93. The summed E-state index contributed by atoms with van der Waals surface area (Å²) in [6, 6.07) is 15.3. The van der Waals surface area contributed by atoms with Crippen LogP contribution in [0.25, 0.3) is 0 Å². The molecule has 1 atom stereocenters. The molecule has 2 rings (SSSR count). The van der Waals surface area contributed by atoms with Gasteiger partial charge in [0.2, 0.25) is 0 Å². The highest BCUT2D eigenvalue weighted by Gasteiger charge is 2.05. The Morgan fingerprint density at radius 1 is 1.20 bits per heavy atom. The van der Waals surface area contributed by atoms with E-state index in [1.54, 1.807) is 0 Å². The maximum absolute atomic E-state index is 6.14. The molecule has 102 valence electrons. The van der Waals surface area contributed by atoms with Crippen LogP contribution in [0, 0.1) is 11.8 Å². The molecular formula is C17H16ClNO. The molecule has 0 amide bonds. The number of hydrogen-bond donors (Lipinski definition) is 1. The Bertz CT molecular complexity index is 626. The van der Waals surface area contributed by atoms with Gasteiger partial charge in [0.25, 0.3) is 0 Å². The molecule has 0 spiro atoms. The lowest BCUT2D eigenvalue weighted by Crippen LogP contribution is -2.05. The third-order valence-electron chi connectivity index (χ3n) is 2.79. The summed E-state index contributed by atoms with van der Waals surface area (Å²) in [5.74, 6) is 6.61. The molecule has 0 fully saturated rings. The van der Waals surface area contributed by atoms with Gasteiger partial charge in [0.1, 0.15) is 12.4 Å². The average molecular weight is 286 g/mol. The lowest BCUT2D eigenvalue weighted by Gasteiger charge is -2.09. The van der Waals surface area contributed by atoms with E-state index in [-0.39, 0.29) is 6.04 Å². The monoisotopic (exact) mass is 285 g/mol. The Labute approximate surface area is 124 Å². The minimum Gasteiger partial charge on any atom is -0.479 e. The Balaban J connectivity index is 1.97. The van der Waals surface area contributed by atoms with Crippen molar-refractivity contribution in [1.29, 1.82) is 0 Å². The van der Waals surface area contributed by atoms with Gasteiger partial charge in [-0.3, -0.25) is 0 Å². The lowest BCUT2D eigenvalue weighted by molar-refractivity contribution is 0.370. The maximum atomic E-state index is 6.14. The topological polar surface area (TPSA) is 35.2 Å². The van der Waals surface area contributed by atoms with Crippen LogP contribution in [0.2, 0.25) is 5.02 Å². The van der Waals surface area contributed by atoms with Crippen LogP contribution in [0.4, 0.5) is 0 Å². The first-order valence-electron chi connectivity index (χ1n) is 6.38. The molecule has 0 saturated heterocycles. The number of rotatable bonds is 3. The highest BCUT2D eigenvalue weighted by Crippen LogP contribution is 2.27. The fraction of sp³-hybridized carbons (Fsp3) is 0.176. The van der Waals surface area contributed by atoms with Crippen molar-refractivity contribution >= 4 is 11.6 Å². The van der Waals surface area contributed by atoms with Gasteiger partial charge < -0.3 is 10.5 Å². The largest absolute Gasteiger partial charge is 0.479 e. The van der Waals surface area contributed by atoms with Crippen molar-refractivity contribution in [3.05, 3.63) is 64.7 Å². The van der Waals surface area contributed by atoms with E-state index < -0.39 is 0 Å². The molecule has 0 aliphatic rings. The first-order valence-corrected chi connectivity index (χ1v) is 6.76. The van der Waals surface area contributed by atoms with Crippen molar-refractivity contribution < 1.29 is 4.74 Å². The second kappa shape index (κ2) is 7.00. The highest BCUT2D eigenvalue weighted by atomic mass is 35.5. The molecule has 2 aromatic carbocycles. The molecule has 0 unspecified atom stereocenters. The van der Waals surface area contributed by atoms with Crippen LogP contribution in [-0.2, 0) is 0 Å².